The van der Waals surface area contributed by atoms with Gasteiger partial charge in [0.05, 0.1) is 18.2 Å². The number of nitriles is 1. The van der Waals surface area contributed by atoms with E-state index in [4.69, 9.17) is 0 Å². The fourth-order valence-corrected chi connectivity index (χ4v) is 6.68. The van der Waals surface area contributed by atoms with Crippen LogP contribution in [0.2, 0.25) is 0 Å². The van der Waals surface area contributed by atoms with E-state index in [0.717, 1.165) is 6.20 Å². The molecule has 1 unspecified atom stereocenters. The second kappa shape index (κ2) is 11.6. The summed E-state index contributed by atoms with van der Waals surface area (Å²) in [5, 5.41) is 26.8. The van der Waals surface area contributed by atoms with Crippen LogP contribution >= 0.6 is 0 Å². The summed E-state index contributed by atoms with van der Waals surface area (Å²) >= 11 is 0. The zero-order valence-corrected chi connectivity index (χ0v) is 24.8. The molecule has 2 N–H and O–H groups in total. The summed E-state index contributed by atoms with van der Waals surface area (Å²) in [6, 6.07) is -0.681. The second-order valence-electron chi connectivity index (χ2n) is 13.6. The molecule has 238 valence electrons. The third-order valence-electron chi connectivity index (χ3n) is 9.34. The number of carbonyl (C=O) groups is 4. The van der Waals surface area contributed by atoms with Crippen molar-refractivity contribution in [1.29, 1.82) is 5.26 Å². The minimum Gasteiger partial charge on any atom is -0.870 e. The molecule has 11 nitrogen and oxygen atoms in total. The molecule has 0 aromatic carbocycles. The highest BCUT2D eigenvalue weighted by Gasteiger charge is 2.56. The monoisotopic (exact) mass is 617 g/mol. The van der Waals surface area contributed by atoms with E-state index in [1.807, 2.05) is 6.07 Å². The topological polar surface area (TPSA) is 159 Å². The molecule has 2 aliphatic heterocycles. The third kappa shape index (κ3) is 6.05. The molecule has 4 amide bonds. The largest absolute Gasteiger partial charge is 0.870 e. The van der Waals surface area contributed by atoms with Crippen molar-refractivity contribution in [2.24, 2.45) is 23.2 Å². The van der Waals surface area contributed by atoms with Gasteiger partial charge in [-0.2, -0.15) is 5.26 Å². The van der Waals surface area contributed by atoms with E-state index in [2.05, 4.69) is 15.6 Å². The van der Waals surface area contributed by atoms with Crippen molar-refractivity contribution in [2.75, 3.05) is 18.4 Å². The van der Waals surface area contributed by atoms with Gasteiger partial charge in [-0.15, -0.1) is 0 Å². The highest BCUT2D eigenvalue weighted by atomic mass is 19.1. The van der Waals surface area contributed by atoms with Gasteiger partial charge in [-0.05, 0) is 61.8 Å². The number of pyridine rings is 1. The van der Waals surface area contributed by atoms with Crippen LogP contribution in [0.25, 0.3) is 0 Å². The Balaban J connectivity index is 1.39. The van der Waals surface area contributed by atoms with Crippen LogP contribution in [0.4, 0.5) is 19.0 Å². The SMILES string of the molecule is CC(C)(C)[C@H](NC(=O)C1(F)CC1)C(=O)N1CC2CC[C@@H](F)C[C@@H]2[C@H]1C(=O)N1C[C@@H](C(=O)Nc2ncc(F)cc2[O-])C[C@H]1C#N. The number of aromatic nitrogens is 1. The van der Waals surface area contributed by atoms with Gasteiger partial charge in [0.1, 0.15) is 35.9 Å². The zero-order valence-electron chi connectivity index (χ0n) is 24.8. The number of anilines is 1. The van der Waals surface area contributed by atoms with Crippen molar-refractivity contribution >= 4 is 29.4 Å². The van der Waals surface area contributed by atoms with Gasteiger partial charge in [0, 0.05) is 13.1 Å². The van der Waals surface area contributed by atoms with Crippen molar-refractivity contribution < 1.29 is 37.5 Å². The maximum atomic E-state index is 14.7. The van der Waals surface area contributed by atoms with Crippen LogP contribution in [0.3, 0.4) is 0 Å². The van der Waals surface area contributed by atoms with Gasteiger partial charge in [0.2, 0.25) is 17.7 Å². The van der Waals surface area contributed by atoms with Gasteiger partial charge in [-0.25, -0.2) is 18.2 Å². The molecule has 4 aliphatic rings. The van der Waals surface area contributed by atoms with Crippen LogP contribution in [0.15, 0.2) is 12.3 Å². The molecule has 5 rings (SSSR count). The number of alkyl halides is 2. The van der Waals surface area contributed by atoms with E-state index in [1.165, 1.54) is 9.80 Å². The number of rotatable bonds is 6. The van der Waals surface area contributed by atoms with E-state index >= 15 is 0 Å². The van der Waals surface area contributed by atoms with E-state index < -0.39 is 88.2 Å². The normalized spacial score (nSPS) is 29.8. The molecule has 0 radical (unpaired) electrons. The molecule has 2 saturated heterocycles. The predicted octanol–water partition coefficient (Wildman–Crippen LogP) is 1.97. The lowest BCUT2D eigenvalue weighted by molar-refractivity contribution is -0.267. The Bertz CT molecular complexity index is 1390. The van der Waals surface area contributed by atoms with Crippen LogP contribution in [-0.4, -0.2) is 81.5 Å². The maximum absolute atomic E-state index is 14.7. The number of nitrogens with zero attached hydrogens (tertiary/aromatic N) is 4. The number of hydrogen-bond donors (Lipinski definition) is 2. The van der Waals surface area contributed by atoms with Gasteiger partial charge in [0.15, 0.2) is 5.67 Å². The molecule has 14 heteroatoms. The standard InChI is InChI=1S/C30H37F3N6O5/c1-29(2,3)23(36-28(44)30(33)6-7-30)27(43)39-13-15-4-5-17(31)9-20(15)22(39)26(42)38-14-16(8-19(38)11-34)25(41)37-24-21(40)10-18(32)12-35-24/h10,12,15-17,19-20,22-23,40H,4-9,13-14H2,1-3H3,(H,36,44)(H,35,37,41)/p-1/t15?,16-,17+,19-,20-,22-,23+/m0/s1. The van der Waals surface area contributed by atoms with Gasteiger partial charge in [-0.3, -0.25) is 19.2 Å². The summed E-state index contributed by atoms with van der Waals surface area (Å²) in [6.45, 7) is 5.06. The zero-order chi connectivity index (χ0) is 32.1. The number of carbonyl (C=O) groups excluding carboxylic acids is 4. The van der Waals surface area contributed by atoms with Gasteiger partial charge in [-0.1, -0.05) is 26.5 Å². The fraction of sp³-hybridized carbons (Fsp3) is 0.667. The number of hydrogen-bond acceptors (Lipinski definition) is 7. The summed E-state index contributed by atoms with van der Waals surface area (Å²) in [5.74, 6) is -6.56. The minimum atomic E-state index is -2.03. The number of amides is 4. The molecule has 1 aromatic heterocycles. The molecule has 4 fully saturated rings. The van der Waals surface area contributed by atoms with Crippen LogP contribution in [0, 0.1) is 40.3 Å². The first-order valence-electron chi connectivity index (χ1n) is 14.9. The first-order chi connectivity index (χ1) is 20.6. The molecular weight excluding hydrogens is 581 g/mol. The third-order valence-corrected chi connectivity index (χ3v) is 9.34. The predicted molar refractivity (Wildman–Crippen MR) is 147 cm³/mol. The molecule has 0 bridgehead atoms. The van der Waals surface area contributed by atoms with Crippen LogP contribution in [0.1, 0.15) is 59.3 Å². The summed E-state index contributed by atoms with van der Waals surface area (Å²) in [7, 11) is 0. The quantitative estimate of drug-likeness (QED) is 0.494. The number of fused-ring (bicyclic) bond motifs is 1. The first-order valence-corrected chi connectivity index (χ1v) is 14.9. The average Bonchev–Trinajstić information content (AvgIpc) is 3.39. The van der Waals surface area contributed by atoms with Crippen molar-refractivity contribution in [1.82, 2.24) is 20.1 Å². The second-order valence-corrected chi connectivity index (χ2v) is 13.6. The molecule has 1 aromatic rings. The Kier molecular flexibility index (Phi) is 8.28. The summed E-state index contributed by atoms with van der Waals surface area (Å²) < 4.78 is 42.6. The Morgan fingerprint density at radius 3 is 2.48 bits per heavy atom. The molecular formula is C30H36F3N6O5-. The highest BCUT2D eigenvalue weighted by Crippen LogP contribution is 2.44. The van der Waals surface area contributed by atoms with Crippen LogP contribution in [-0.2, 0) is 19.2 Å². The maximum Gasteiger partial charge on any atom is 0.258 e. The Morgan fingerprint density at radius 2 is 1.86 bits per heavy atom. The Morgan fingerprint density at radius 1 is 1.16 bits per heavy atom. The van der Waals surface area contributed by atoms with Gasteiger partial charge >= 0.3 is 0 Å². The summed E-state index contributed by atoms with van der Waals surface area (Å²) in [6.07, 6.45) is 0.386. The van der Waals surface area contributed by atoms with Crippen molar-refractivity contribution in [3.63, 3.8) is 0 Å². The average molecular weight is 618 g/mol. The lowest BCUT2D eigenvalue weighted by atomic mass is 9.77. The molecule has 2 saturated carbocycles. The molecule has 44 heavy (non-hydrogen) atoms. The molecule has 2 aliphatic carbocycles. The van der Waals surface area contributed by atoms with E-state index in [9.17, 15) is 42.7 Å². The lowest BCUT2D eigenvalue weighted by Crippen LogP contribution is -2.60. The minimum absolute atomic E-state index is 0.0302. The number of likely N-dealkylation sites (tertiary alicyclic amines) is 2. The van der Waals surface area contributed by atoms with Crippen LogP contribution in [0.5, 0.6) is 5.75 Å². The number of halogens is 3. The van der Waals surface area contributed by atoms with Gasteiger partial charge in [0.25, 0.3) is 5.91 Å². The van der Waals surface area contributed by atoms with Crippen LogP contribution < -0.4 is 15.7 Å². The highest BCUT2D eigenvalue weighted by molar-refractivity contribution is 5.97. The van der Waals surface area contributed by atoms with Crippen molar-refractivity contribution in [3.8, 4) is 11.8 Å². The van der Waals surface area contributed by atoms with Crippen molar-refractivity contribution in [3.05, 3.63) is 18.1 Å². The smallest absolute Gasteiger partial charge is 0.258 e. The lowest BCUT2D eigenvalue weighted by Gasteiger charge is -2.38. The molecule has 0 spiro atoms. The summed E-state index contributed by atoms with van der Waals surface area (Å²) in [5.41, 5.74) is -2.89. The Hall–Kier alpha value is -3.89. The Labute approximate surface area is 253 Å². The van der Waals surface area contributed by atoms with E-state index in [-0.39, 0.29) is 51.1 Å². The van der Waals surface area contributed by atoms with Crippen molar-refractivity contribution in [2.45, 2.75) is 89.3 Å². The first kappa shape index (κ1) is 31.5. The molecule has 7 atom stereocenters. The van der Waals surface area contributed by atoms with E-state index in [1.54, 1.807) is 20.8 Å². The fourth-order valence-electron chi connectivity index (χ4n) is 6.68. The molecule has 3 heterocycles. The number of nitrogens with one attached hydrogen (secondary N) is 2. The van der Waals surface area contributed by atoms with E-state index in [0.29, 0.717) is 12.5 Å². The van der Waals surface area contributed by atoms with Gasteiger partial charge < -0.3 is 25.5 Å². The summed E-state index contributed by atoms with van der Waals surface area (Å²) in [4.78, 5) is 60.2.